The Balaban J connectivity index is 2.05. The molecule has 1 amide bonds. The van der Waals surface area contributed by atoms with E-state index in [4.69, 9.17) is 4.74 Å². The van der Waals surface area contributed by atoms with Crippen LogP contribution in [0.3, 0.4) is 0 Å². The number of benzene rings is 1. The number of carbonyl (C=O) groups excluding carboxylic acids is 1. The van der Waals surface area contributed by atoms with E-state index in [1.807, 2.05) is 0 Å². The quantitative estimate of drug-likeness (QED) is 0.846. The topological polar surface area (TPSA) is 51.2 Å². The largest absolute Gasteiger partial charge is 0.456 e. The van der Waals surface area contributed by atoms with Crippen molar-refractivity contribution in [3.8, 4) is 11.5 Å². The number of hydrogen-bond donors (Lipinski definition) is 1. The highest BCUT2D eigenvalue weighted by Gasteiger charge is 2.09. The first-order chi connectivity index (χ1) is 9.95. The molecule has 0 radical (unpaired) electrons. The average molecular weight is 357 g/mol. The molecule has 1 aromatic heterocycles. The van der Waals surface area contributed by atoms with Crippen LogP contribution in [-0.2, 0) is 4.79 Å². The number of alkyl halides is 1. The summed E-state index contributed by atoms with van der Waals surface area (Å²) >= 11 is 3.14. The summed E-state index contributed by atoms with van der Waals surface area (Å²) in [6.07, 6.45) is 1.37. The molecule has 0 saturated heterocycles. The molecular formula is C14H11BrF2N2O2. The molecule has 0 fully saturated rings. The summed E-state index contributed by atoms with van der Waals surface area (Å²) in [5.41, 5.74) is 0. The number of rotatable bonds is 4. The number of halogens is 3. The van der Waals surface area contributed by atoms with Gasteiger partial charge in [-0.15, -0.1) is 0 Å². The van der Waals surface area contributed by atoms with Gasteiger partial charge in [-0.05, 0) is 31.2 Å². The minimum atomic E-state index is -0.990. The van der Waals surface area contributed by atoms with Gasteiger partial charge in [-0.3, -0.25) is 4.79 Å². The van der Waals surface area contributed by atoms with E-state index in [0.29, 0.717) is 11.6 Å². The molecule has 0 aliphatic rings. The van der Waals surface area contributed by atoms with Crippen molar-refractivity contribution in [2.24, 2.45) is 0 Å². The van der Waals surface area contributed by atoms with Gasteiger partial charge in [0.25, 0.3) is 0 Å². The Morgan fingerprint density at radius 3 is 2.52 bits per heavy atom. The number of pyridine rings is 1. The van der Waals surface area contributed by atoms with Crippen molar-refractivity contribution in [1.82, 2.24) is 4.98 Å². The SMILES string of the molecule is CC(Br)C(=O)Nc1ccc(Oc2ccc(F)c(F)c2)cn1. The van der Waals surface area contributed by atoms with Crippen LogP contribution in [0.15, 0.2) is 36.5 Å². The fourth-order valence-corrected chi connectivity index (χ4v) is 1.53. The van der Waals surface area contributed by atoms with E-state index in [-0.39, 0.29) is 16.5 Å². The highest BCUT2D eigenvalue weighted by atomic mass is 79.9. The summed E-state index contributed by atoms with van der Waals surface area (Å²) in [6, 6.07) is 6.33. The third-order valence-corrected chi connectivity index (χ3v) is 2.89. The molecule has 0 spiro atoms. The number of amides is 1. The van der Waals surface area contributed by atoms with Crippen molar-refractivity contribution in [2.45, 2.75) is 11.8 Å². The van der Waals surface area contributed by atoms with Crippen molar-refractivity contribution < 1.29 is 18.3 Å². The van der Waals surface area contributed by atoms with E-state index in [0.717, 1.165) is 12.1 Å². The molecule has 1 aromatic carbocycles. The van der Waals surface area contributed by atoms with Crippen LogP contribution < -0.4 is 10.1 Å². The Morgan fingerprint density at radius 1 is 1.24 bits per heavy atom. The summed E-state index contributed by atoms with van der Waals surface area (Å²) in [7, 11) is 0. The third kappa shape index (κ3) is 4.22. The lowest BCUT2D eigenvalue weighted by atomic mass is 10.3. The summed E-state index contributed by atoms with van der Waals surface area (Å²) < 4.78 is 31.2. The van der Waals surface area contributed by atoms with E-state index < -0.39 is 11.6 Å². The van der Waals surface area contributed by atoms with Crippen molar-refractivity contribution in [3.05, 3.63) is 48.2 Å². The first-order valence-electron chi connectivity index (χ1n) is 5.99. The summed E-state index contributed by atoms with van der Waals surface area (Å²) in [5.74, 6) is -1.30. The molecule has 0 saturated carbocycles. The molecule has 21 heavy (non-hydrogen) atoms. The Bertz CT molecular complexity index is 648. The molecule has 1 unspecified atom stereocenters. The highest BCUT2D eigenvalue weighted by molar-refractivity contribution is 9.10. The van der Waals surface area contributed by atoms with Crippen molar-refractivity contribution in [1.29, 1.82) is 0 Å². The second-order valence-electron chi connectivity index (χ2n) is 4.16. The lowest BCUT2D eigenvalue weighted by Crippen LogP contribution is -2.20. The fourth-order valence-electron chi connectivity index (χ4n) is 1.42. The summed E-state index contributed by atoms with van der Waals surface area (Å²) in [4.78, 5) is 15.1. The predicted molar refractivity (Wildman–Crippen MR) is 77.7 cm³/mol. The molecule has 4 nitrogen and oxygen atoms in total. The van der Waals surface area contributed by atoms with Crippen LogP contribution in [0.1, 0.15) is 6.92 Å². The smallest absolute Gasteiger partial charge is 0.239 e. The molecule has 1 atom stereocenters. The number of nitrogens with zero attached hydrogens (tertiary/aromatic N) is 1. The number of aromatic nitrogens is 1. The van der Waals surface area contributed by atoms with Crippen LogP contribution >= 0.6 is 15.9 Å². The third-order valence-electron chi connectivity index (χ3n) is 2.48. The normalized spacial score (nSPS) is 11.8. The van der Waals surface area contributed by atoms with Gasteiger partial charge in [-0.2, -0.15) is 0 Å². The van der Waals surface area contributed by atoms with Crippen molar-refractivity contribution in [3.63, 3.8) is 0 Å². The van der Waals surface area contributed by atoms with Gasteiger partial charge in [-0.1, -0.05) is 15.9 Å². The van der Waals surface area contributed by atoms with Crippen LogP contribution in [0.4, 0.5) is 14.6 Å². The van der Waals surface area contributed by atoms with Gasteiger partial charge in [-0.25, -0.2) is 13.8 Å². The molecule has 7 heteroatoms. The molecular weight excluding hydrogens is 346 g/mol. The van der Waals surface area contributed by atoms with Gasteiger partial charge in [0.05, 0.1) is 11.0 Å². The van der Waals surface area contributed by atoms with Gasteiger partial charge in [0.1, 0.15) is 17.3 Å². The maximum absolute atomic E-state index is 13.0. The van der Waals surface area contributed by atoms with Gasteiger partial charge in [0, 0.05) is 6.07 Å². The zero-order chi connectivity index (χ0) is 15.4. The summed E-state index contributed by atoms with van der Waals surface area (Å²) in [5, 5.41) is 2.59. The maximum Gasteiger partial charge on any atom is 0.239 e. The van der Waals surface area contributed by atoms with Gasteiger partial charge >= 0.3 is 0 Å². The molecule has 2 aromatic rings. The van der Waals surface area contributed by atoms with Gasteiger partial charge < -0.3 is 10.1 Å². The predicted octanol–water partition coefficient (Wildman–Crippen LogP) is 3.87. The average Bonchev–Trinajstić information content (AvgIpc) is 2.45. The lowest BCUT2D eigenvalue weighted by Gasteiger charge is -2.08. The van der Waals surface area contributed by atoms with E-state index in [1.165, 1.54) is 12.3 Å². The van der Waals surface area contributed by atoms with Crippen molar-refractivity contribution in [2.75, 3.05) is 5.32 Å². The number of hydrogen-bond acceptors (Lipinski definition) is 3. The fraction of sp³-hybridized carbons (Fsp3) is 0.143. The Labute approximate surface area is 128 Å². The van der Waals surface area contributed by atoms with Crippen LogP contribution in [-0.4, -0.2) is 15.7 Å². The molecule has 1 heterocycles. The van der Waals surface area contributed by atoms with E-state index >= 15 is 0 Å². The van der Waals surface area contributed by atoms with Crippen LogP contribution in [0.5, 0.6) is 11.5 Å². The van der Waals surface area contributed by atoms with Gasteiger partial charge in [0.2, 0.25) is 5.91 Å². The zero-order valence-corrected chi connectivity index (χ0v) is 12.5. The standard InChI is InChI=1S/C14H11BrF2N2O2/c1-8(15)14(20)19-13-5-3-10(7-18-13)21-9-2-4-11(16)12(17)6-9/h2-8H,1H3,(H,18,19,20). The molecule has 0 aliphatic heterocycles. The zero-order valence-electron chi connectivity index (χ0n) is 10.9. The number of carbonyl (C=O) groups is 1. The second-order valence-corrected chi connectivity index (χ2v) is 5.54. The first kappa shape index (κ1) is 15.4. The molecule has 2 rings (SSSR count). The maximum atomic E-state index is 13.0. The molecule has 0 bridgehead atoms. The second kappa shape index (κ2) is 6.62. The van der Waals surface area contributed by atoms with Crippen LogP contribution in [0.25, 0.3) is 0 Å². The van der Waals surface area contributed by atoms with Gasteiger partial charge in [0.15, 0.2) is 11.6 Å². The summed E-state index contributed by atoms with van der Waals surface area (Å²) in [6.45, 7) is 1.69. The molecule has 110 valence electrons. The number of ether oxygens (including phenoxy) is 1. The Hall–Kier alpha value is -2.02. The molecule has 1 N–H and O–H groups in total. The van der Waals surface area contributed by atoms with Crippen LogP contribution in [0, 0.1) is 11.6 Å². The number of nitrogens with one attached hydrogen (secondary N) is 1. The van der Waals surface area contributed by atoms with E-state index in [2.05, 4.69) is 26.2 Å². The number of anilines is 1. The minimum absolute atomic E-state index is 0.154. The van der Waals surface area contributed by atoms with Crippen molar-refractivity contribution >= 4 is 27.7 Å². The van der Waals surface area contributed by atoms with E-state index in [9.17, 15) is 13.6 Å². The monoisotopic (exact) mass is 356 g/mol. The first-order valence-corrected chi connectivity index (χ1v) is 6.91. The highest BCUT2D eigenvalue weighted by Crippen LogP contribution is 2.23. The van der Waals surface area contributed by atoms with E-state index in [1.54, 1.807) is 19.1 Å². The Kier molecular flexibility index (Phi) is 4.85. The lowest BCUT2D eigenvalue weighted by molar-refractivity contribution is -0.115. The Morgan fingerprint density at radius 2 is 1.95 bits per heavy atom. The van der Waals surface area contributed by atoms with Crippen LogP contribution in [0.2, 0.25) is 0 Å². The molecule has 0 aliphatic carbocycles. The minimum Gasteiger partial charge on any atom is -0.456 e.